The van der Waals surface area contributed by atoms with Crippen LogP contribution >= 0.6 is 0 Å². The van der Waals surface area contributed by atoms with E-state index in [-0.39, 0.29) is 37.7 Å². The molecule has 6 nitrogen and oxygen atoms in total. The van der Waals surface area contributed by atoms with Crippen molar-refractivity contribution < 1.29 is 30.0 Å². The Bertz CT molecular complexity index is 237. The molecular weight excluding hydrogens is 208 g/mol. The van der Waals surface area contributed by atoms with E-state index < -0.39 is 36.3 Å². The fourth-order valence-corrected chi connectivity index (χ4v) is 0.801. The zero-order valence-corrected chi connectivity index (χ0v) is 8.80. The summed E-state index contributed by atoms with van der Waals surface area (Å²) in [5, 5.41) is 38.5. The van der Waals surface area contributed by atoms with Crippen molar-refractivity contribution in [1.82, 2.24) is 0 Å². The molecule has 1 aliphatic rings. The summed E-state index contributed by atoms with van der Waals surface area (Å²) in [6.45, 7) is -0.739. The van der Waals surface area contributed by atoms with Gasteiger partial charge in [-0.05, 0) is 5.76 Å². The number of aliphatic hydroxyl groups is 2. The Morgan fingerprint density at radius 2 is 2.08 bits per heavy atom. The Morgan fingerprint density at radius 3 is 2.38 bits per heavy atom. The normalized spacial score (nSPS) is 23.8. The van der Waals surface area contributed by atoms with Gasteiger partial charge in [0.2, 0.25) is 0 Å². The minimum absolute atomic E-state index is 0. The second-order valence-electron chi connectivity index (χ2n) is 2.27. The van der Waals surface area contributed by atoms with Crippen LogP contribution < -0.4 is 10.2 Å². The minimum atomic E-state index is -1.53. The minimum Gasteiger partial charge on any atom is -0.873 e. The maximum absolute atomic E-state index is 10.7. The molecule has 0 aromatic heterocycles. The molecule has 0 spiro atoms. The van der Waals surface area contributed by atoms with E-state index in [9.17, 15) is 15.0 Å². The van der Waals surface area contributed by atoms with Gasteiger partial charge in [0.05, 0.1) is 6.61 Å². The van der Waals surface area contributed by atoms with Crippen LogP contribution in [0.4, 0.5) is 0 Å². The molecule has 0 amide bonds. The summed E-state index contributed by atoms with van der Waals surface area (Å²) >= 11 is 0. The predicted octanol–water partition coefficient (Wildman–Crippen LogP) is -4.18. The first-order valence-corrected chi connectivity index (χ1v) is 3.16. The topological polar surface area (TPSA) is 113 Å². The molecule has 0 fully saturated rings. The number of ether oxygens (including phenoxy) is 1. The van der Waals surface area contributed by atoms with E-state index in [0.29, 0.717) is 0 Å². The third kappa shape index (κ3) is 2.47. The Morgan fingerprint density at radius 1 is 1.54 bits per heavy atom. The Hall–Kier alpha value is -0.0103. The van der Waals surface area contributed by atoms with Crippen molar-refractivity contribution in [1.29, 1.82) is 0 Å². The molecule has 0 aliphatic carbocycles. The van der Waals surface area contributed by atoms with Crippen molar-refractivity contribution >= 4 is 43.7 Å². The second-order valence-corrected chi connectivity index (χ2v) is 2.27. The first kappa shape index (κ1) is 13.0. The van der Waals surface area contributed by atoms with Crippen molar-refractivity contribution in [2.75, 3.05) is 6.61 Å². The van der Waals surface area contributed by atoms with Crippen LogP contribution in [0.1, 0.15) is 0 Å². The van der Waals surface area contributed by atoms with Gasteiger partial charge < -0.3 is 25.2 Å². The first-order valence-electron chi connectivity index (χ1n) is 3.16. The van der Waals surface area contributed by atoms with Gasteiger partial charge in [-0.3, -0.25) is 0 Å². The summed E-state index contributed by atoms with van der Waals surface area (Å²) in [6, 6.07) is 0. The monoisotopic (exact) mass is 214 g/mol. The molecule has 0 radical (unpaired) electrons. The molecule has 0 aromatic rings. The number of esters is 1. The first-order chi connectivity index (χ1) is 5.57. The molecule has 7 heteroatoms. The van der Waals surface area contributed by atoms with Gasteiger partial charge in [-0.2, -0.15) is 0 Å². The van der Waals surface area contributed by atoms with Gasteiger partial charge in [0.1, 0.15) is 12.2 Å². The predicted molar refractivity (Wildman–Crippen MR) is 35.8 cm³/mol. The van der Waals surface area contributed by atoms with E-state index >= 15 is 0 Å². The molecular formula is C6H6CaO6. The number of hydrogen-bond donors (Lipinski definition) is 2. The van der Waals surface area contributed by atoms with Gasteiger partial charge in [0.15, 0.2) is 0 Å². The third-order valence-electron chi connectivity index (χ3n) is 1.44. The molecule has 0 saturated carbocycles. The smallest absolute Gasteiger partial charge is 0.873 e. The number of cyclic esters (lactones) is 1. The summed E-state index contributed by atoms with van der Waals surface area (Å²) < 4.78 is 4.19. The molecule has 13 heavy (non-hydrogen) atoms. The van der Waals surface area contributed by atoms with E-state index in [2.05, 4.69) is 4.74 Å². The fraction of sp³-hybridized carbons (Fsp3) is 0.500. The molecule has 0 aromatic carbocycles. The summed E-state index contributed by atoms with van der Waals surface area (Å²) in [5.41, 5.74) is 0. The molecule has 0 unspecified atom stereocenters. The second kappa shape index (κ2) is 5.02. The van der Waals surface area contributed by atoms with Crippen molar-refractivity contribution in [2.24, 2.45) is 0 Å². The van der Waals surface area contributed by atoms with E-state index in [4.69, 9.17) is 10.2 Å². The molecule has 2 N–H and O–H groups in total. The van der Waals surface area contributed by atoms with Crippen LogP contribution in [0, 0.1) is 0 Å². The van der Waals surface area contributed by atoms with Crippen LogP contribution in [0.2, 0.25) is 0 Å². The number of hydrogen-bond acceptors (Lipinski definition) is 6. The Balaban J connectivity index is 0.00000144. The maximum Gasteiger partial charge on any atom is 2.00 e. The number of aliphatic hydroxyl groups excluding tert-OH is 2. The standard InChI is InChI=1S/C6H8O6.Ca/c7-1-2(8)5-3(9)4(10)6(11)12-5;/h2,5,7-10H,1H2;/q;+2/p-2/t2-,5+;/m0./s1. The number of carbonyl (C=O) groups excluding carboxylic acids is 1. The van der Waals surface area contributed by atoms with Crippen LogP contribution in [-0.4, -0.2) is 72.7 Å². The average Bonchev–Trinajstić information content (AvgIpc) is 2.32. The van der Waals surface area contributed by atoms with Crippen LogP contribution in [0.15, 0.2) is 11.5 Å². The molecule has 1 heterocycles. The van der Waals surface area contributed by atoms with Crippen LogP contribution in [-0.2, 0) is 9.53 Å². The van der Waals surface area contributed by atoms with Gasteiger partial charge in [0, 0.05) is 0 Å². The molecule has 0 bridgehead atoms. The zero-order valence-electron chi connectivity index (χ0n) is 6.60. The van der Waals surface area contributed by atoms with E-state index in [1.54, 1.807) is 0 Å². The van der Waals surface area contributed by atoms with Crippen molar-refractivity contribution in [3.8, 4) is 0 Å². The summed E-state index contributed by atoms with van der Waals surface area (Å²) in [7, 11) is 0. The molecule has 0 saturated heterocycles. The van der Waals surface area contributed by atoms with Crippen LogP contribution in [0.5, 0.6) is 0 Å². The average molecular weight is 214 g/mol. The van der Waals surface area contributed by atoms with E-state index in [0.717, 1.165) is 0 Å². The molecule has 2 atom stereocenters. The molecule has 1 rings (SSSR count). The summed E-state index contributed by atoms with van der Waals surface area (Å²) in [4.78, 5) is 10.4. The SMILES string of the molecule is O=C1O[C@H]([C@@H](O)CO)C([O-])=C1[O-].[Ca+2]. The van der Waals surface area contributed by atoms with E-state index in [1.807, 2.05) is 0 Å². The zero-order chi connectivity index (χ0) is 9.30. The van der Waals surface area contributed by atoms with Gasteiger partial charge in [-0.1, -0.05) is 5.76 Å². The third-order valence-corrected chi connectivity index (χ3v) is 1.44. The number of carbonyl (C=O) groups is 1. The van der Waals surface area contributed by atoms with Crippen molar-refractivity contribution in [3.05, 3.63) is 11.5 Å². The number of rotatable bonds is 2. The Kier molecular flexibility index (Phi) is 5.01. The van der Waals surface area contributed by atoms with Gasteiger partial charge in [-0.25, -0.2) is 4.79 Å². The summed E-state index contributed by atoms with van der Waals surface area (Å²) in [5.74, 6) is -3.67. The quantitative estimate of drug-likeness (QED) is 0.356. The maximum atomic E-state index is 10.7. The fourth-order valence-electron chi connectivity index (χ4n) is 0.801. The van der Waals surface area contributed by atoms with Crippen molar-refractivity contribution in [3.63, 3.8) is 0 Å². The van der Waals surface area contributed by atoms with Crippen LogP contribution in [0.3, 0.4) is 0 Å². The van der Waals surface area contributed by atoms with E-state index in [1.165, 1.54) is 0 Å². The van der Waals surface area contributed by atoms with Crippen molar-refractivity contribution in [2.45, 2.75) is 12.2 Å². The van der Waals surface area contributed by atoms with Gasteiger partial charge in [0.25, 0.3) is 0 Å². The Labute approximate surface area is 103 Å². The molecule has 68 valence electrons. The van der Waals surface area contributed by atoms with Gasteiger partial charge >= 0.3 is 43.7 Å². The summed E-state index contributed by atoms with van der Waals surface area (Å²) in [6.07, 6.45) is -3.05. The van der Waals surface area contributed by atoms with Gasteiger partial charge in [-0.15, -0.1) is 0 Å². The largest absolute Gasteiger partial charge is 2.00 e. The molecule has 1 aliphatic heterocycles. The van der Waals surface area contributed by atoms with Crippen LogP contribution in [0.25, 0.3) is 0 Å².